The van der Waals surface area contributed by atoms with Gasteiger partial charge in [0.1, 0.15) is 11.3 Å². The van der Waals surface area contributed by atoms with Crippen LogP contribution in [0.1, 0.15) is 31.7 Å². The number of nitrogens with zero attached hydrogens (tertiary/aromatic N) is 5. The van der Waals surface area contributed by atoms with E-state index in [0.29, 0.717) is 12.1 Å². The Morgan fingerprint density at radius 1 is 0.897 bits per heavy atom. The molecule has 3 aromatic rings. The van der Waals surface area contributed by atoms with E-state index in [2.05, 4.69) is 61.2 Å². The van der Waals surface area contributed by atoms with Crippen molar-refractivity contribution in [2.75, 3.05) is 38.2 Å². The van der Waals surface area contributed by atoms with Gasteiger partial charge in [-0.15, -0.1) is 5.10 Å². The number of benzene rings is 2. The highest BCUT2D eigenvalue weighted by molar-refractivity contribution is 5.74. The fraction of sp³-hybridized carbons (Fsp3) is 0.478. The van der Waals surface area contributed by atoms with Gasteiger partial charge in [0, 0.05) is 32.2 Å². The zero-order valence-electron chi connectivity index (χ0n) is 17.1. The number of anilines is 1. The minimum atomic E-state index is 0.452. The average molecular weight is 392 g/mol. The summed E-state index contributed by atoms with van der Waals surface area (Å²) in [6.07, 6.45) is 4.92. The van der Waals surface area contributed by atoms with Crippen LogP contribution in [0.5, 0.6) is 5.75 Å². The van der Waals surface area contributed by atoms with Gasteiger partial charge in [-0.3, -0.25) is 4.90 Å². The minimum absolute atomic E-state index is 0.452. The van der Waals surface area contributed by atoms with Crippen molar-refractivity contribution in [3.05, 3.63) is 48.5 Å². The standard InChI is InChI=1S/C23H29N5O/c1-29-23-12-5-4-11-22(23)27-15-13-26(14-16-27)18-7-6-8-19(17-18)28-21-10-3-2-9-20(21)24-25-28/h2-5,9-12,18-19H,6-8,13-17H2,1H3/t18-,19-/m1/s1. The number of methoxy groups -OCH3 is 1. The number of hydrogen-bond donors (Lipinski definition) is 0. The van der Waals surface area contributed by atoms with Crippen molar-refractivity contribution in [3.8, 4) is 5.75 Å². The van der Waals surface area contributed by atoms with Crippen LogP contribution in [0, 0.1) is 0 Å². The highest BCUT2D eigenvalue weighted by Crippen LogP contribution is 2.34. The Morgan fingerprint density at radius 2 is 1.66 bits per heavy atom. The number of ether oxygens (including phenoxy) is 1. The van der Waals surface area contributed by atoms with E-state index in [0.717, 1.165) is 37.4 Å². The van der Waals surface area contributed by atoms with Crippen molar-refractivity contribution in [1.29, 1.82) is 0 Å². The number of rotatable bonds is 4. The molecule has 0 bridgehead atoms. The molecule has 2 heterocycles. The van der Waals surface area contributed by atoms with Gasteiger partial charge in [0.25, 0.3) is 0 Å². The van der Waals surface area contributed by atoms with E-state index in [1.807, 2.05) is 12.1 Å². The van der Waals surface area contributed by atoms with Gasteiger partial charge in [-0.05, 0) is 49.9 Å². The SMILES string of the molecule is COc1ccccc1N1CCN([C@@H]2CCC[C@@H](n3nnc4ccccc43)C2)CC1. The summed E-state index contributed by atoms with van der Waals surface area (Å²) < 4.78 is 7.73. The quantitative estimate of drug-likeness (QED) is 0.678. The first-order valence-electron chi connectivity index (χ1n) is 10.8. The Hall–Kier alpha value is -2.60. The lowest BCUT2D eigenvalue weighted by Gasteiger charge is -2.43. The van der Waals surface area contributed by atoms with Crippen molar-refractivity contribution < 1.29 is 4.74 Å². The van der Waals surface area contributed by atoms with E-state index in [9.17, 15) is 0 Å². The van der Waals surface area contributed by atoms with E-state index in [4.69, 9.17) is 4.74 Å². The fourth-order valence-electron chi connectivity index (χ4n) is 5.07. The lowest BCUT2D eigenvalue weighted by atomic mass is 9.89. The second-order valence-corrected chi connectivity index (χ2v) is 8.19. The van der Waals surface area contributed by atoms with E-state index in [1.54, 1.807) is 7.11 Å². The molecule has 1 saturated heterocycles. The molecular formula is C23H29N5O. The summed E-state index contributed by atoms with van der Waals surface area (Å²) in [5.41, 5.74) is 3.38. The normalized spacial score (nSPS) is 23.4. The van der Waals surface area contributed by atoms with Crippen LogP contribution < -0.4 is 9.64 Å². The Labute approximate surface area is 172 Å². The second-order valence-electron chi connectivity index (χ2n) is 8.19. The molecule has 0 amide bonds. The molecule has 1 saturated carbocycles. The van der Waals surface area contributed by atoms with Gasteiger partial charge in [-0.2, -0.15) is 0 Å². The maximum atomic E-state index is 5.56. The molecule has 0 spiro atoms. The van der Waals surface area contributed by atoms with Crippen LogP contribution in [0.15, 0.2) is 48.5 Å². The van der Waals surface area contributed by atoms with Crippen molar-refractivity contribution in [2.45, 2.75) is 37.8 Å². The van der Waals surface area contributed by atoms with Gasteiger partial charge >= 0.3 is 0 Å². The highest BCUT2D eigenvalue weighted by Gasteiger charge is 2.31. The molecule has 0 unspecified atom stereocenters. The monoisotopic (exact) mass is 391 g/mol. The first-order chi connectivity index (χ1) is 14.3. The molecule has 2 aliphatic rings. The van der Waals surface area contributed by atoms with Crippen molar-refractivity contribution in [2.24, 2.45) is 0 Å². The third-order valence-electron chi connectivity index (χ3n) is 6.60. The molecule has 0 radical (unpaired) electrons. The van der Waals surface area contributed by atoms with E-state index in [-0.39, 0.29) is 0 Å². The summed E-state index contributed by atoms with van der Waals surface area (Å²) in [7, 11) is 1.76. The number of fused-ring (bicyclic) bond motifs is 1. The maximum Gasteiger partial charge on any atom is 0.142 e. The summed E-state index contributed by atoms with van der Waals surface area (Å²) in [5.74, 6) is 0.969. The second kappa shape index (κ2) is 8.03. The van der Waals surface area contributed by atoms with Crippen molar-refractivity contribution in [1.82, 2.24) is 19.9 Å². The number of hydrogen-bond acceptors (Lipinski definition) is 5. The summed E-state index contributed by atoms with van der Waals surface area (Å²) in [5, 5.41) is 8.87. The zero-order chi connectivity index (χ0) is 19.6. The Balaban J connectivity index is 1.25. The number of aromatic nitrogens is 3. The molecule has 152 valence electrons. The van der Waals surface area contributed by atoms with Gasteiger partial charge in [0.05, 0.1) is 24.4 Å². The number of piperazine rings is 1. The minimum Gasteiger partial charge on any atom is -0.495 e. The van der Waals surface area contributed by atoms with Crippen LogP contribution in [0.4, 0.5) is 5.69 Å². The third-order valence-corrected chi connectivity index (χ3v) is 6.60. The van der Waals surface area contributed by atoms with Crippen LogP contribution >= 0.6 is 0 Å². The molecule has 1 aromatic heterocycles. The Bertz CT molecular complexity index is 963. The molecule has 6 nitrogen and oxygen atoms in total. The molecule has 5 rings (SSSR count). The molecule has 0 N–H and O–H groups in total. The van der Waals surface area contributed by atoms with E-state index >= 15 is 0 Å². The largest absolute Gasteiger partial charge is 0.495 e. The lowest BCUT2D eigenvalue weighted by Crippen LogP contribution is -2.51. The van der Waals surface area contributed by atoms with Crippen LogP contribution in [0.25, 0.3) is 11.0 Å². The fourth-order valence-corrected chi connectivity index (χ4v) is 5.07. The van der Waals surface area contributed by atoms with E-state index in [1.165, 1.54) is 36.9 Å². The summed E-state index contributed by atoms with van der Waals surface area (Å²) in [6, 6.07) is 17.8. The molecule has 2 aromatic carbocycles. The van der Waals surface area contributed by atoms with Gasteiger partial charge in [-0.1, -0.05) is 29.5 Å². The number of para-hydroxylation sites is 3. The molecule has 1 aliphatic heterocycles. The summed E-state index contributed by atoms with van der Waals surface area (Å²) >= 11 is 0. The zero-order valence-corrected chi connectivity index (χ0v) is 17.1. The maximum absolute atomic E-state index is 5.56. The Morgan fingerprint density at radius 3 is 2.52 bits per heavy atom. The lowest BCUT2D eigenvalue weighted by molar-refractivity contribution is 0.122. The first-order valence-corrected chi connectivity index (χ1v) is 10.8. The predicted molar refractivity (Wildman–Crippen MR) is 116 cm³/mol. The van der Waals surface area contributed by atoms with Crippen molar-refractivity contribution in [3.63, 3.8) is 0 Å². The molecule has 1 aliphatic carbocycles. The van der Waals surface area contributed by atoms with Crippen LogP contribution in [-0.4, -0.2) is 59.2 Å². The van der Waals surface area contributed by atoms with Crippen molar-refractivity contribution >= 4 is 16.7 Å². The summed E-state index contributed by atoms with van der Waals surface area (Å²) in [4.78, 5) is 5.15. The van der Waals surface area contributed by atoms with Gasteiger partial charge < -0.3 is 9.64 Å². The van der Waals surface area contributed by atoms with Crippen LogP contribution in [0.2, 0.25) is 0 Å². The van der Waals surface area contributed by atoms with Crippen LogP contribution in [0.3, 0.4) is 0 Å². The smallest absolute Gasteiger partial charge is 0.142 e. The molecule has 2 atom stereocenters. The van der Waals surface area contributed by atoms with Gasteiger partial charge in [0.2, 0.25) is 0 Å². The topological polar surface area (TPSA) is 46.4 Å². The third kappa shape index (κ3) is 3.57. The molecule has 2 fully saturated rings. The molecular weight excluding hydrogens is 362 g/mol. The van der Waals surface area contributed by atoms with Gasteiger partial charge in [0.15, 0.2) is 0 Å². The molecule has 29 heavy (non-hydrogen) atoms. The first kappa shape index (κ1) is 18.4. The molecule has 6 heteroatoms. The Kier molecular flexibility index (Phi) is 5.10. The van der Waals surface area contributed by atoms with Gasteiger partial charge in [-0.25, -0.2) is 4.68 Å². The predicted octanol–water partition coefficient (Wildman–Crippen LogP) is 3.75. The highest BCUT2D eigenvalue weighted by atomic mass is 16.5. The van der Waals surface area contributed by atoms with Crippen LogP contribution in [-0.2, 0) is 0 Å². The summed E-state index contributed by atoms with van der Waals surface area (Å²) in [6.45, 7) is 4.31. The average Bonchev–Trinajstić information content (AvgIpc) is 3.23. The van der Waals surface area contributed by atoms with E-state index < -0.39 is 0 Å².